The summed E-state index contributed by atoms with van der Waals surface area (Å²) in [6.07, 6.45) is 3.63. The van der Waals surface area contributed by atoms with Crippen LogP contribution in [0.1, 0.15) is 22.7 Å². The van der Waals surface area contributed by atoms with Gasteiger partial charge < -0.3 is 18.8 Å². The largest absolute Gasteiger partial charge is 0.493 e. The minimum Gasteiger partial charge on any atom is -0.493 e. The molecule has 0 amide bonds. The Morgan fingerprint density at radius 2 is 1.75 bits per heavy atom. The summed E-state index contributed by atoms with van der Waals surface area (Å²) in [4.78, 5) is 8.86. The van der Waals surface area contributed by atoms with Gasteiger partial charge in [0.2, 0.25) is 17.5 Å². The number of piperazine rings is 1. The van der Waals surface area contributed by atoms with Crippen molar-refractivity contribution in [1.29, 1.82) is 5.26 Å². The van der Waals surface area contributed by atoms with Gasteiger partial charge in [0.15, 0.2) is 11.5 Å². The number of rotatable bonds is 7. The lowest BCUT2D eigenvalue weighted by atomic mass is 10.2. The van der Waals surface area contributed by atoms with Gasteiger partial charge in [0, 0.05) is 38.8 Å². The Bertz CT molecular complexity index is 1110. The lowest BCUT2D eigenvalue weighted by Crippen LogP contribution is -2.46. The van der Waals surface area contributed by atoms with Gasteiger partial charge >= 0.3 is 0 Å². The van der Waals surface area contributed by atoms with Crippen LogP contribution in [-0.4, -0.2) is 50.3 Å². The van der Waals surface area contributed by atoms with Gasteiger partial charge in [-0.15, -0.1) is 0 Å². The number of nitrogens with zero attached hydrogens (tertiary/aromatic N) is 4. The van der Waals surface area contributed by atoms with E-state index in [1.165, 1.54) is 5.56 Å². The zero-order valence-electron chi connectivity index (χ0n) is 18.3. The van der Waals surface area contributed by atoms with E-state index in [0.717, 1.165) is 38.3 Å². The molecule has 0 spiro atoms. The molecular weight excluding hydrogens is 404 g/mol. The first kappa shape index (κ1) is 21.5. The molecule has 7 nitrogen and oxygen atoms in total. The Balaban J connectivity index is 1.43. The number of ether oxygens (including phenoxy) is 2. The third kappa shape index (κ3) is 4.93. The summed E-state index contributed by atoms with van der Waals surface area (Å²) in [6.45, 7) is 4.30. The standard InChI is InChI=1S/C25H26N4O3/c1-30-22-10-8-19(16-23(22)31-2)9-11-24-27-21(17-26)25(32-24)29-14-12-28(13-15-29)18-20-6-4-3-5-7-20/h3-11,16H,12-15,18H2,1-2H3. The van der Waals surface area contributed by atoms with E-state index >= 15 is 0 Å². The summed E-state index contributed by atoms with van der Waals surface area (Å²) in [5.74, 6) is 2.26. The number of benzene rings is 2. The van der Waals surface area contributed by atoms with Crippen LogP contribution in [0, 0.1) is 11.3 Å². The molecule has 7 heteroatoms. The fourth-order valence-electron chi connectivity index (χ4n) is 3.76. The van der Waals surface area contributed by atoms with Crippen LogP contribution in [0.15, 0.2) is 52.9 Å². The summed E-state index contributed by atoms with van der Waals surface area (Å²) in [7, 11) is 3.21. The average Bonchev–Trinajstić information content (AvgIpc) is 3.27. The first-order valence-corrected chi connectivity index (χ1v) is 10.5. The highest BCUT2D eigenvalue weighted by molar-refractivity contribution is 5.69. The first-order chi connectivity index (χ1) is 15.7. The third-order valence-corrected chi connectivity index (χ3v) is 5.47. The summed E-state index contributed by atoms with van der Waals surface area (Å²) in [5.41, 5.74) is 2.53. The van der Waals surface area contributed by atoms with Gasteiger partial charge in [-0.2, -0.15) is 10.2 Å². The molecule has 0 atom stereocenters. The number of hydrogen-bond acceptors (Lipinski definition) is 7. The van der Waals surface area contributed by atoms with E-state index in [1.54, 1.807) is 20.3 Å². The van der Waals surface area contributed by atoms with E-state index < -0.39 is 0 Å². The van der Waals surface area contributed by atoms with Crippen molar-refractivity contribution >= 4 is 18.0 Å². The Kier molecular flexibility index (Phi) is 6.73. The van der Waals surface area contributed by atoms with Crippen LogP contribution < -0.4 is 14.4 Å². The fourth-order valence-corrected chi connectivity index (χ4v) is 3.76. The molecule has 1 fully saturated rings. The Labute approximate surface area is 188 Å². The van der Waals surface area contributed by atoms with Crippen molar-refractivity contribution in [2.24, 2.45) is 0 Å². The van der Waals surface area contributed by atoms with Gasteiger partial charge in [-0.05, 0) is 29.3 Å². The van der Waals surface area contributed by atoms with Crippen molar-refractivity contribution in [2.75, 3.05) is 45.3 Å². The molecular formula is C25H26N4O3. The van der Waals surface area contributed by atoms with Crippen molar-refractivity contribution in [3.05, 3.63) is 71.2 Å². The molecule has 3 aromatic rings. The predicted molar refractivity (Wildman–Crippen MR) is 124 cm³/mol. The predicted octanol–water partition coefficient (Wildman–Crippen LogP) is 4.06. The van der Waals surface area contributed by atoms with E-state index in [2.05, 4.69) is 45.1 Å². The van der Waals surface area contributed by atoms with Crippen molar-refractivity contribution < 1.29 is 13.9 Å². The van der Waals surface area contributed by atoms with Crippen LogP contribution in [0.4, 0.5) is 5.88 Å². The van der Waals surface area contributed by atoms with Crippen LogP contribution in [0.2, 0.25) is 0 Å². The quantitative estimate of drug-likeness (QED) is 0.560. The molecule has 1 saturated heterocycles. The SMILES string of the molecule is COc1ccc(C=Cc2nc(C#N)c(N3CCN(Cc4ccccc4)CC3)o2)cc1OC. The molecule has 1 aliphatic rings. The number of aromatic nitrogens is 1. The molecule has 1 aliphatic heterocycles. The highest BCUT2D eigenvalue weighted by Gasteiger charge is 2.23. The number of methoxy groups -OCH3 is 2. The van der Waals surface area contributed by atoms with E-state index in [4.69, 9.17) is 13.9 Å². The summed E-state index contributed by atoms with van der Waals surface area (Å²) in [5, 5.41) is 9.56. The van der Waals surface area contributed by atoms with E-state index in [9.17, 15) is 5.26 Å². The number of nitriles is 1. The smallest absolute Gasteiger partial charge is 0.235 e. The molecule has 164 valence electrons. The third-order valence-electron chi connectivity index (χ3n) is 5.47. The van der Waals surface area contributed by atoms with Crippen LogP contribution in [-0.2, 0) is 6.54 Å². The zero-order valence-corrected chi connectivity index (χ0v) is 18.3. The lowest BCUT2D eigenvalue weighted by Gasteiger charge is -2.34. The normalized spacial score (nSPS) is 14.5. The Morgan fingerprint density at radius 1 is 1.00 bits per heavy atom. The molecule has 2 heterocycles. The van der Waals surface area contributed by atoms with E-state index in [1.807, 2.05) is 30.3 Å². The topological polar surface area (TPSA) is 74.8 Å². The lowest BCUT2D eigenvalue weighted by molar-refractivity contribution is 0.246. The first-order valence-electron chi connectivity index (χ1n) is 10.5. The molecule has 1 aromatic heterocycles. The molecule has 32 heavy (non-hydrogen) atoms. The molecule has 0 N–H and O–H groups in total. The Morgan fingerprint density at radius 3 is 2.44 bits per heavy atom. The van der Waals surface area contributed by atoms with Crippen molar-refractivity contribution in [3.63, 3.8) is 0 Å². The molecule has 0 radical (unpaired) electrons. The minimum atomic E-state index is 0.313. The monoisotopic (exact) mass is 430 g/mol. The maximum Gasteiger partial charge on any atom is 0.235 e. The summed E-state index contributed by atoms with van der Waals surface area (Å²) < 4.78 is 16.6. The maximum absolute atomic E-state index is 9.56. The van der Waals surface area contributed by atoms with Crippen LogP contribution in [0.25, 0.3) is 12.2 Å². The maximum atomic E-state index is 9.56. The molecule has 0 unspecified atom stereocenters. The molecule has 0 saturated carbocycles. The number of hydrogen-bond donors (Lipinski definition) is 0. The molecule has 4 rings (SSSR count). The highest BCUT2D eigenvalue weighted by Crippen LogP contribution is 2.29. The second-order valence-electron chi connectivity index (χ2n) is 7.51. The van der Waals surface area contributed by atoms with Gasteiger partial charge in [0.05, 0.1) is 14.2 Å². The minimum absolute atomic E-state index is 0.313. The molecule has 0 aliphatic carbocycles. The number of oxazole rings is 1. The van der Waals surface area contributed by atoms with Crippen LogP contribution >= 0.6 is 0 Å². The number of anilines is 1. The van der Waals surface area contributed by atoms with Gasteiger partial charge in [-0.1, -0.05) is 36.4 Å². The van der Waals surface area contributed by atoms with Crippen molar-refractivity contribution in [2.45, 2.75) is 6.54 Å². The van der Waals surface area contributed by atoms with Crippen molar-refractivity contribution in [1.82, 2.24) is 9.88 Å². The Hall–Kier alpha value is -3.76. The fraction of sp³-hybridized carbons (Fsp3) is 0.280. The van der Waals surface area contributed by atoms with Gasteiger partial charge in [0.1, 0.15) is 6.07 Å². The van der Waals surface area contributed by atoms with E-state index in [-0.39, 0.29) is 0 Å². The second kappa shape index (κ2) is 10.0. The van der Waals surface area contributed by atoms with E-state index in [0.29, 0.717) is 29.0 Å². The highest BCUT2D eigenvalue weighted by atomic mass is 16.5. The average molecular weight is 431 g/mol. The van der Waals surface area contributed by atoms with Crippen LogP contribution in [0.5, 0.6) is 11.5 Å². The van der Waals surface area contributed by atoms with Crippen LogP contribution in [0.3, 0.4) is 0 Å². The molecule has 2 aromatic carbocycles. The summed E-state index contributed by atoms with van der Waals surface area (Å²) in [6, 6.07) is 18.3. The summed E-state index contributed by atoms with van der Waals surface area (Å²) >= 11 is 0. The van der Waals surface area contributed by atoms with Crippen molar-refractivity contribution in [3.8, 4) is 17.6 Å². The van der Waals surface area contributed by atoms with Gasteiger partial charge in [0.25, 0.3) is 0 Å². The van der Waals surface area contributed by atoms with Gasteiger partial charge in [-0.3, -0.25) is 4.90 Å². The zero-order chi connectivity index (χ0) is 22.3. The van der Waals surface area contributed by atoms with Gasteiger partial charge in [-0.25, -0.2) is 0 Å². The second-order valence-corrected chi connectivity index (χ2v) is 7.51. The molecule has 0 bridgehead atoms.